The van der Waals surface area contributed by atoms with Gasteiger partial charge in [0, 0.05) is 24.2 Å². The van der Waals surface area contributed by atoms with E-state index in [4.69, 9.17) is 12.2 Å². The van der Waals surface area contributed by atoms with E-state index < -0.39 is 0 Å². The van der Waals surface area contributed by atoms with E-state index >= 15 is 0 Å². The summed E-state index contributed by atoms with van der Waals surface area (Å²) in [4.78, 5) is 14.5. The molecule has 1 heterocycles. The molecule has 0 saturated heterocycles. The lowest BCUT2D eigenvalue weighted by molar-refractivity contribution is -0.116. The molecule has 4 nitrogen and oxygen atoms in total. The summed E-state index contributed by atoms with van der Waals surface area (Å²) in [6.07, 6.45) is 2.34. The van der Waals surface area contributed by atoms with Gasteiger partial charge in [-0.1, -0.05) is 6.07 Å². The first kappa shape index (κ1) is 15.5. The third kappa shape index (κ3) is 2.54. The molecular weight excluding hydrogens is 364 g/mol. The van der Waals surface area contributed by atoms with Crippen LogP contribution in [0, 0.1) is 0 Å². The van der Waals surface area contributed by atoms with Crippen molar-refractivity contribution in [1.82, 2.24) is 10.2 Å². The minimum absolute atomic E-state index is 0.182. The van der Waals surface area contributed by atoms with Crippen LogP contribution >= 0.6 is 28.1 Å². The number of nitrogens with one attached hydrogen (secondary N) is 1. The fourth-order valence-electron chi connectivity index (χ4n) is 3.14. The van der Waals surface area contributed by atoms with Gasteiger partial charge >= 0.3 is 0 Å². The van der Waals surface area contributed by atoms with E-state index in [1.54, 1.807) is 6.07 Å². The summed E-state index contributed by atoms with van der Waals surface area (Å²) in [6, 6.07) is 5.05. The third-order valence-electron chi connectivity index (χ3n) is 4.18. The van der Waals surface area contributed by atoms with Gasteiger partial charge in [-0.2, -0.15) is 0 Å². The Kier molecular flexibility index (Phi) is 4.23. The monoisotopic (exact) mass is 380 g/mol. The van der Waals surface area contributed by atoms with Crippen molar-refractivity contribution in [1.29, 1.82) is 0 Å². The van der Waals surface area contributed by atoms with E-state index in [0.29, 0.717) is 16.0 Å². The van der Waals surface area contributed by atoms with Crippen LogP contribution in [-0.4, -0.2) is 27.4 Å². The zero-order chi connectivity index (χ0) is 15.9. The van der Waals surface area contributed by atoms with Crippen LogP contribution in [0.15, 0.2) is 33.9 Å². The molecule has 1 aliphatic carbocycles. The Morgan fingerprint density at radius 3 is 2.91 bits per heavy atom. The smallest absolute Gasteiger partial charge is 0.173 e. The van der Waals surface area contributed by atoms with Crippen molar-refractivity contribution in [2.75, 3.05) is 6.54 Å². The average molecular weight is 381 g/mol. The number of thiocarbonyl (C=S) groups is 1. The van der Waals surface area contributed by atoms with Crippen molar-refractivity contribution in [3.63, 3.8) is 0 Å². The molecule has 116 valence electrons. The van der Waals surface area contributed by atoms with Crippen LogP contribution < -0.4 is 5.32 Å². The highest BCUT2D eigenvalue weighted by Crippen LogP contribution is 2.38. The highest BCUT2D eigenvalue weighted by Gasteiger charge is 2.36. The minimum Gasteiger partial charge on any atom is -0.507 e. The maximum Gasteiger partial charge on any atom is 0.173 e. The molecule has 1 atom stereocenters. The molecule has 0 bridgehead atoms. The summed E-state index contributed by atoms with van der Waals surface area (Å²) in [5, 5.41) is 13.6. The molecule has 1 unspecified atom stereocenters. The van der Waals surface area contributed by atoms with E-state index in [9.17, 15) is 9.90 Å². The van der Waals surface area contributed by atoms with Crippen LogP contribution in [0.3, 0.4) is 0 Å². The number of allylic oxidation sites excluding steroid dienone is 1. The number of phenols is 1. The van der Waals surface area contributed by atoms with Gasteiger partial charge in [-0.05, 0) is 65.6 Å². The van der Waals surface area contributed by atoms with Crippen molar-refractivity contribution < 1.29 is 9.90 Å². The number of hydrogen-bond acceptors (Lipinski definition) is 3. The predicted octanol–water partition coefficient (Wildman–Crippen LogP) is 3.41. The highest BCUT2D eigenvalue weighted by atomic mass is 79.9. The summed E-state index contributed by atoms with van der Waals surface area (Å²) >= 11 is 8.81. The van der Waals surface area contributed by atoms with Gasteiger partial charge in [-0.3, -0.25) is 4.79 Å². The lowest BCUT2D eigenvalue weighted by Gasteiger charge is -2.40. The van der Waals surface area contributed by atoms with Crippen molar-refractivity contribution in [3.05, 3.63) is 39.5 Å². The van der Waals surface area contributed by atoms with Crippen LogP contribution in [0.4, 0.5) is 0 Å². The van der Waals surface area contributed by atoms with Crippen LogP contribution in [0.5, 0.6) is 5.75 Å². The number of rotatable bonds is 2. The molecule has 2 aliphatic rings. The second-order valence-electron chi connectivity index (χ2n) is 5.47. The van der Waals surface area contributed by atoms with Gasteiger partial charge in [0.25, 0.3) is 0 Å². The van der Waals surface area contributed by atoms with E-state index in [0.717, 1.165) is 36.2 Å². The molecule has 0 aromatic heterocycles. The van der Waals surface area contributed by atoms with E-state index in [-0.39, 0.29) is 17.6 Å². The first-order chi connectivity index (χ1) is 10.5. The molecule has 2 N–H and O–H groups in total. The molecule has 3 rings (SSSR count). The molecule has 0 saturated carbocycles. The largest absolute Gasteiger partial charge is 0.507 e. The Labute approximate surface area is 143 Å². The SMILES string of the molecule is CCN1C(=S)NC(c2ccc(O)c(Br)c2)C2=C1CCCC2=O. The maximum atomic E-state index is 12.5. The molecule has 0 fully saturated rings. The Balaban J connectivity index is 2.12. The number of hydrogen-bond donors (Lipinski definition) is 2. The van der Waals surface area contributed by atoms with Crippen LogP contribution in [-0.2, 0) is 4.79 Å². The number of benzene rings is 1. The fraction of sp³-hybridized carbons (Fsp3) is 0.375. The molecule has 22 heavy (non-hydrogen) atoms. The van der Waals surface area contributed by atoms with E-state index in [1.165, 1.54) is 0 Å². The normalized spacial score (nSPS) is 21.7. The van der Waals surface area contributed by atoms with Gasteiger partial charge in [-0.15, -0.1) is 0 Å². The Morgan fingerprint density at radius 2 is 2.23 bits per heavy atom. The second kappa shape index (κ2) is 6.01. The number of carbonyl (C=O) groups is 1. The van der Waals surface area contributed by atoms with Gasteiger partial charge in [0.15, 0.2) is 10.9 Å². The summed E-state index contributed by atoms with van der Waals surface area (Å²) < 4.78 is 0.612. The number of carbonyl (C=O) groups excluding carboxylic acids is 1. The maximum absolute atomic E-state index is 12.5. The van der Waals surface area contributed by atoms with Gasteiger partial charge in [-0.25, -0.2) is 0 Å². The number of halogens is 1. The molecule has 0 radical (unpaired) electrons. The number of nitrogens with zero attached hydrogens (tertiary/aromatic N) is 1. The van der Waals surface area contributed by atoms with Crippen molar-refractivity contribution in [2.45, 2.75) is 32.2 Å². The van der Waals surface area contributed by atoms with Crippen molar-refractivity contribution in [2.24, 2.45) is 0 Å². The van der Waals surface area contributed by atoms with Crippen molar-refractivity contribution in [3.8, 4) is 5.75 Å². The first-order valence-electron chi connectivity index (χ1n) is 7.35. The molecule has 0 spiro atoms. The summed E-state index contributed by atoms with van der Waals surface area (Å²) in [5.74, 6) is 0.366. The molecule has 1 aromatic carbocycles. The fourth-order valence-corrected chi connectivity index (χ4v) is 3.89. The van der Waals surface area contributed by atoms with E-state index in [1.807, 2.05) is 24.0 Å². The summed E-state index contributed by atoms with van der Waals surface area (Å²) in [5.41, 5.74) is 2.79. The van der Waals surface area contributed by atoms with Crippen LogP contribution in [0.1, 0.15) is 37.8 Å². The highest BCUT2D eigenvalue weighted by molar-refractivity contribution is 9.10. The standard InChI is InChI=1S/C16H17BrN2O2S/c1-2-19-11-4-3-5-13(21)14(11)15(18-16(19)22)9-6-7-12(20)10(17)8-9/h6-8,15,20H,2-5H2,1H3,(H,18,22). The zero-order valence-corrected chi connectivity index (χ0v) is 14.6. The van der Waals surface area contributed by atoms with E-state index in [2.05, 4.69) is 21.2 Å². The molecular formula is C16H17BrN2O2S. The average Bonchev–Trinajstić information content (AvgIpc) is 2.49. The number of Topliss-reactive ketones (excluding diaryl/α,β-unsaturated/α-hetero) is 1. The molecule has 1 aromatic rings. The number of phenolic OH excluding ortho intramolecular Hbond substituents is 1. The Hall–Kier alpha value is -1.40. The van der Waals surface area contributed by atoms with Gasteiger partial charge in [0.1, 0.15) is 5.75 Å². The number of aromatic hydroxyl groups is 1. The summed E-state index contributed by atoms with van der Waals surface area (Å²) in [7, 11) is 0. The summed E-state index contributed by atoms with van der Waals surface area (Å²) in [6.45, 7) is 2.79. The molecule has 1 aliphatic heterocycles. The lowest BCUT2D eigenvalue weighted by Crippen LogP contribution is -2.49. The van der Waals surface area contributed by atoms with Crippen LogP contribution in [0.2, 0.25) is 0 Å². The van der Waals surface area contributed by atoms with Gasteiger partial charge in [0.05, 0.1) is 10.5 Å². The third-order valence-corrected chi connectivity index (χ3v) is 5.15. The molecule has 0 amide bonds. The topological polar surface area (TPSA) is 52.6 Å². The van der Waals surface area contributed by atoms with Gasteiger partial charge in [0.2, 0.25) is 0 Å². The van der Waals surface area contributed by atoms with Crippen LogP contribution in [0.25, 0.3) is 0 Å². The Bertz CT molecular complexity index is 687. The quantitative estimate of drug-likeness (QED) is 0.769. The number of ketones is 1. The Morgan fingerprint density at radius 1 is 1.45 bits per heavy atom. The predicted molar refractivity (Wildman–Crippen MR) is 92.5 cm³/mol. The lowest BCUT2D eigenvalue weighted by atomic mass is 9.85. The second-order valence-corrected chi connectivity index (χ2v) is 6.72. The molecule has 6 heteroatoms. The van der Waals surface area contributed by atoms with Gasteiger partial charge < -0.3 is 15.3 Å². The minimum atomic E-state index is -0.241. The van der Waals surface area contributed by atoms with Crippen molar-refractivity contribution >= 4 is 39.0 Å². The zero-order valence-electron chi connectivity index (χ0n) is 12.2. The first-order valence-corrected chi connectivity index (χ1v) is 8.55.